The van der Waals surface area contributed by atoms with Crippen LogP contribution in [0.4, 0.5) is 4.39 Å². The van der Waals surface area contributed by atoms with Gasteiger partial charge >= 0.3 is 0 Å². The summed E-state index contributed by atoms with van der Waals surface area (Å²) in [7, 11) is 0. The maximum atomic E-state index is 14.8. The predicted molar refractivity (Wildman–Crippen MR) is 147 cm³/mol. The zero-order chi connectivity index (χ0) is 26.6. The van der Waals surface area contributed by atoms with E-state index in [-0.39, 0.29) is 47.1 Å². The lowest BCUT2D eigenvalue weighted by molar-refractivity contribution is 0.0456. The minimum atomic E-state index is -0.601. The minimum Gasteiger partial charge on any atom is -0.393 e. The molecule has 5 rings (SSSR count). The lowest BCUT2D eigenvalue weighted by Gasteiger charge is -2.27. The van der Waals surface area contributed by atoms with E-state index in [9.17, 15) is 19.1 Å². The van der Waals surface area contributed by atoms with Crippen LogP contribution in [0, 0.1) is 24.6 Å². The second kappa shape index (κ2) is 11.9. The molecule has 1 aliphatic carbocycles. The molecule has 0 radical (unpaired) electrons. The number of carbonyl (C=O) groups is 2. The van der Waals surface area contributed by atoms with Gasteiger partial charge in [0, 0.05) is 35.2 Å². The second-order valence-corrected chi connectivity index (χ2v) is 11.7. The molecule has 200 valence electrons. The summed E-state index contributed by atoms with van der Waals surface area (Å²) in [5.74, 6) is -1.21. The maximum Gasteiger partial charge on any atom is 0.254 e. The van der Waals surface area contributed by atoms with Gasteiger partial charge in [0.2, 0.25) is 0 Å². The molecule has 0 unspecified atom stereocenters. The molecule has 2 fully saturated rings. The lowest BCUT2D eigenvalue weighted by atomic mass is 9.81. The van der Waals surface area contributed by atoms with Crippen LogP contribution < -0.4 is 0 Å². The number of aromatic nitrogens is 1. The first-order valence-corrected chi connectivity index (χ1v) is 14.6. The Hall–Kier alpha value is -2.90. The number of aliphatic hydroxyl groups excluding tert-OH is 1. The summed E-state index contributed by atoms with van der Waals surface area (Å²) < 4.78 is 14.8. The van der Waals surface area contributed by atoms with Crippen LogP contribution in [-0.4, -0.2) is 39.3 Å². The number of likely N-dealkylation sites (tertiary alicyclic amines) is 1. The summed E-state index contributed by atoms with van der Waals surface area (Å²) in [6, 6.07) is 13.7. The molecule has 1 aliphatic heterocycles. The van der Waals surface area contributed by atoms with Gasteiger partial charge < -0.3 is 10.0 Å². The number of hydrogen-bond acceptors (Lipinski definition) is 5. The smallest absolute Gasteiger partial charge is 0.254 e. The summed E-state index contributed by atoms with van der Waals surface area (Å²) in [6.07, 6.45) is 5.90. The normalized spacial score (nSPS) is 19.6. The number of ketones is 1. The Kier molecular flexibility index (Phi) is 8.34. The molecule has 5 nitrogen and oxygen atoms in total. The fraction of sp³-hybridized carbons (Fsp3) is 0.452. The van der Waals surface area contributed by atoms with Crippen LogP contribution in [0.1, 0.15) is 88.0 Å². The zero-order valence-corrected chi connectivity index (χ0v) is 22.6. The SMILES string of the molecule is Cc1csc([C@H]2CCCN2C(=O)c2cc(F)cc(C(=O)C[C@@H](Cc3ccccc3)[C@H](O)C3CCCC3)c2)n1. The number of benzene rings is 2. The highest BCUT2D eigenvalue weighted by molar-refractivity contribution is 7.09. The van der Waals surface area contributed by atoms with Crippen LogP contribution in [0.5, 0.6) is 0 Å². The first kappa shape index (κ1) is 26.7. The van der Waals surface area contributed by atoms with Crippen molar-refractivity contribution in [2.24, 2.45) is 11.8 Å². The third-order valence-corrected chi connectivity index (χ3v) is 9.12. The third kappa shape index (κ3) is 6.05. The van der Waals surface area contributed by atoms with E-state index < -0.39 is 11.9 Å². The molecular weight excluding hydrogens is 499 g/mol. The molecule has 2 heterocycles. The molecule has 2 aliphatic rings. The van der Waals surface area contributed by atoms with Crippen molar-refractivity contribution >= 4 is 23.0 Å². The number of aliphatic hydroxyl groups is 1. The highest BCUT2D eigenvalue weighted by atomic mass is 32.1. The fourth-order valence-corrected chi connectivity index (χ4v) is 7.04. The molecule has 2 aromatic carbocycles. The molecule has 1 saturated carbocycles. The molecule has 0 bridgehead atoms. The number of amides is 1. The van der Waals surface area contributed by atoms with Crippen LogP contribution in [0.3, 0.4) is 0 Å². The van der Waals surface area contributed by atoms with Crippen molar-refractivity contribution in [1.82, 2.24) is 9.88 Å². The van der Waals surface area contributed by atoms with Gasteiger partial charge in [-0.1, -0.05) is 43.2 Å². The standard InChI is InChI=1S/C31H35FN2O3S/c1-20-19-38-30(33-20)27-12-7-13-34(27)31(37)25-15-23(16-26(32)17-25)28(35)18-24(14-21-8-3-2-4-9-21)29(36)22-10-5-6-11-22/h2-4,8-9,15-17,19,22,24,27,29,36H,5-7,10-14,18H2,1H3/t24-,27-,29-/m1/s1. The average Bonchev–Trinajstić information content (AvgIpc) is 3.69. The number of thiazole rings is 1. The van der Waals surface area contributed by atoms with Gasteiger partial charge in [-0.2, -0.15) is 0 Å². The largest absolute Gasteiger partial charge is 0.393 e. The van der Waals surface area contributed by atoms with Crippen molar-refractivity contribution in [2.45, 2.75) is 70.4 Å². The molecule has 0 spiro atoms. The van der Waals surface area contributed by atoms with E-state index in [0.717, 1.165) is 54.8 Å². The molecule has 38 heavy (non-hydrogen) atoms. The van der Waals surface area contributed by atoms with Crippen molar-refractivity contribution in [3.8, 4) is 0 Å². The Morgan fingerprint density at radius 2 is 1.82 bits per heavy atom. The molecule has 7 heteroatoms. The Morgan fingerprint density at radius 3 is 2.53 bits per heavy atom. The van der Waals surface area contributed by atoms with Gasteiger partial charge in [0.15, 0.2) is 5.78 Å². The van der Waals surface area contributed by atoms with E-state index in [4.69, 9.17) is 0 Å². The fourth-order valence-electron chi connectivity index (χ4n) is 6.10. The maximum absolute atomic E-state index is 14.8. The topological polar surface area (TPSA) is 70.5 Å². The van der Waals surface area contributed by atoms with Gasteiger partial charge in [-0.15, -0.1) is 11.3 Å². The molecule has 3 aromatic rings. The van der Waals surface area contributed by atoms with E-state index in [2.05, 4.69) is 4.98 Å². The van der Waals surface area contributed by atoms with E-state index in [1.54, 1.807) is 4.90 Å². The average molecular weight is 535 g/mol. The number of halogens is 1. The Balaban J connectivity index is 1.36. The summed E-state index contributed by atoms with van der Waals surface area (Å²) in [4.78, 5) is 33.3. The van der Waals surface area contributed by atoms with Gasteiger partial charge in [0.1, 0.15) is 10.8 Å². The molecule has 1 amide bonds. The number of aryl methyl sites for hydroxylation is 1. The summed E-state index contributed by atoms with van der Waals surface area (Å²) >= 11 is 1.54. The molecular formula is C31H35FN2O3S. The molecule has 1 N–H and O–H groups in total. The van der Waals surface area contributed by atoms with Gasteiger partial charge in [-0.25, -0.2) is 9.37 Å². The Bertz CT molecular complexity index is 1270. The number of Topliss-reactive ketones (excluding diaryl/α,β-unsaturated/α-hetero) is 1. The molecule has 3 atom stereocenters. The van der Waals surface area contributed by atoms with Crippen LogP contribution in [0.2, 0.25) is 0 Å². The number of rotatable bonds is 9. The van der Waals surface area contributed by atoms with Gasteiger partial charge in [0.25, 0.3) is 5.91 Å². The summed E-state index contributed by atoms with van der Waals surface area (Å²) in [6.45, 7) is 2.51. The molecule has 1 aromatic heterocycles. The van der Waals surface area contributed by atoms with E-state index in [1.807, 2.05) is 42.6 Å². The van der Waals surface area contributed by atoms with Crippen LogP contribution in [0.25, 0.3) is 0 Å². The summed E-state index contributed by atoms with van der Waals surface area (Å²) in [5, 5.41) is 14.1. The number of nitrogens with zero attached hydrogens (tertiary/aromatic N) is 2. The van der Waals surface area contributed by atoms with Gasteiger partial charge in [-0.05, 0) is 74.6 Å². The molecule has 1 saturated heterocycles. The first-order chi connectivity index (χ1) is 18.4. The number of hydrogen-bond donors (Lipinski definition) is 1. The van der Waals surface area contributed by atoms with Crippen LogP contribution in [-0.2, 0) is 6.42 Å². The first-order valence-electron chi connectivity index (χ1n) is 13.7. The van der Waals surface area contributed by atoms with Crippen molar-refractivity contribution in [3.05, 3.63) is 87.1 Å². The van der Waals surface area contributed by atoms with Crippen molar-refractivity contribution in [3.63, 3.8) is 0 Å². The Morgan fingerprint density at radius 1 is 1.08 bits per heavy atom. The van der Waals surface area contributed by atoms with Crippen LogP contribution in [0.15, 0.2) is 53.9 Å². The van der Waals surface area contributed by atoms with Crippen LogP contribution >= 0.6 is 11.3 Å². The monoisotopic (exact) mass is 534 g/mol. The van der Waals surface area contributed by atoms with Gasteiger partial charge in [-0.3, -0.25) is 9.59 Å². The quantitative estimate of drug-likeness (QED) is 0.316. The predicted octanol–water partition coefficient (Wildman–Crippen LogP) is 6.55. The van der Waals surface area contributed by atoms with Crippen molar-refractivity contribution < 1.29 is 19.1 Å². The van der Waals surface area contributed by atoms with Crippen molar-refractivity contribution in [1.29, 1.82) is 0 Å². The van der Waals surface area contributed by atoms with E-state index >= 15 is 0 Å². The minimum absolute atomic E-state index is 0.106. The highest BCUT2D eigenvalue weighted by Gasteiger charge is 2.34. The second-order valence-electron chi connectivity index (χ2n) is 10.8. The van der Waals surface area contributed by atoms with E-state index in [1.165, 1.54) is 29.5 Å². The Labute approximate surface area is 227 Å². The lowest BCUT2D eigenvalue weighted by Crippen LogP contribution is -2.32. The number of carbonyl (C=O) groups excluding carboxylic acids is 2. The highest BCUT2D eigenvalue weighted by Crippen LogP contribution is 2.36. The summed E-state index contributed by atoms with van der Waals surface area (Å²) in [5.41, 5.74) is 2.36. The van der Waals surface area contributed by atoms with E-state index in [0.29, 0.717) is 13.0 Å². The van der Waals surface area contributed by atoms with Crippen molar-refractivity contribution in [2.75, 3.05) is 6.54 Å². The third-order valence-electron chi connectivity index (χ3n) is 8.06. The zero-order valence-electron chi connectivity index (χ0n) is 21.8. The van der Waals surface area contributed by atoms with Gasteiger partial charge in [0.05, 0.1) is 12.1 Å².